The number of aryl methyl sites for hydroxylation is 1. The van der Waals surface area contributed by atoms with E-state index in [2.05, 4.69) is 65.8 Å². The molecule has 168 valence electrons. The van der Waals surface area contributed by atoms with Gasteiger partial charge >= 0.3 is 7.12 Å². The fraction of sp³-hybridized carbons (Fsp3) is 0.333. The van der Waals surface area contributed by atoms with Gasteiger partial charge in [-0.05, 0) is 52.5 Å². The number of hydrogen-bond donors (Lipinski definition) is 2. The number of hydrogen-bond acceptors (Lipinski definition) is 3. The Hall–Kier alpha value is -2.13. The summed E-state index contributed by atoms with van der Waals surface area (Å²) >= 11 is 0. The highest BCUT2D eigenvalue weighted by Gasteiger charge is 2.32. The first-order valence-corrected chi connectivity index (χ1v) is 12.7. The third-order valence-electron chi connectivity index (χ3n) is 6.05. The van der Waals surface area contributed by atoms with Crippen molar-refractivity contribution in [1.82, 2.24) is 0 Å². The molecule has 0 radical (unpaired) electrons. The van der Waals surface area contributed by atoms with Crippen LogP contribution in [0.5, 0.6) is 0 Å². The normalized spacial score (nSPS) is 12.7. The Morgan fingerprint density at radius 3 is 1.50 bits per heavy atom. The maximum atomic E-state index is 15.1. The van der Waals surface area contributed by atoms with Crippen molar-refractivity contribution in [3.05, 3.63) is 83.4 Å². The zero-order chi connectivity index (χ0) is 23.9. The topological polar surface area (TPSA) is 57.5 Å². The van der Waals surface area contributed by atoms with Crippen molar-refractivity contribution in [1.29, 1.82) is 0 Å². The van der Waals surface area contributed by atoms with Gasteiger partial charge in [0.05, 0.1) is 0 Å². The molecule has 0 aliphatic carbocycles. The van der Waals surface area contributed by atoms with Crippen molar-refractivity contribution in [2.45, 2.75) is 59.3 Å². The van der Waals surface area contributed by atoms with E-state index in [1.165, 1.54) is 0 Å². The molecular weight excluding hydrogens is 414 g/mol. The standard InChI is InChI=1S/C27H34BO3P/c1-19-16-24(14-15-25(19)28(29)30)32(31,22-12-8-10-20(17-22)26(2,3)4)23-13-9-11-21(18-23)27(5,6)7/h8-18,29-30H,1-7H3. The van der Waals surface area contributed by atoms with Gasteiger partial charge in [-0.2, -0.15) is 0 Å². The summed E-state index contributed by atoms with van der Waals surface area (Å²) in [6.07, 6.45) is 0. The molecule has 0 unspecified atom stereocenters. The summed E-state index contributed by atoms with van der Waals surface area (Å²) in [5.41, 5.74) is 3.23. The first-order valence-electron chi connectivity index (χ1n) is 11.0. The van der Waals surface area contributed by atoms with Crippen LogP contribution in [0, 0.1) is 6.92 Å². The molecule has 0 saturated heterocycles. The molecule has 0 amide bonds. The van der Waals surface area contributed by atoms with Crippen LogP contribution in [0.15, 0.2) is 66.7 Å². The van der Waals surface area contributed by atoms with E-state index in [-0.39, 0.29) is 10.8 Å². The van der Waals surface area contributed by atoms with Crippen molar-refractivity contribution < 1.29 is 14.6 Å². The summed E-state index contributed by atoms with van der Waals surface area (Å²) in [6.45, 7) is 14.7. The van der Waals surface area contributed by atoms with Gasteiger partial charge in [0, 0.05) is 15.9 Å². The van der Waals surface area contributed by atoms with Crippen molar-refractivity contribution >= 4 is 35.6 Å². The van der Waals surface area contributed by atoms with Gasteiger partial charge < -0.3 is 14.6 Å². The van der Waals surface area contributed by atoms with Crippen LogP contribution in [-0.4, -0.2) is 17.2 Å². The van der Waals surface area contributed by atoms with Crippen LogP contribution < -0.4 is 21.4 Å². The molecule has 2 N–H and O–H groups in total. The molecule has 0 aliphatic heterocycles. The molecule has 0 bridgehead atoms. The maximum absolute atomic E-state index is 15.1. The molecule has 5 heteroatoms. The van der Waals surface area contributed by atoms with Crippen molar-refractivity contribution in [3.8, 4) is 0 Å². The van der Waals surface area contributed by atoms with Crippen LogP contribution in [0.1, 0.15) is 58.2 Å². The zero-order valence-electron chi connectivity index (χ0n) is 20.2. The second-order valence-corrected chi connectivity index (χ2v) is 13.4. The Bertz CT molecular complexity index is 1110. The van der Waals surface area contributed by atoms with Gasteiger partial charge in [0.25, 0.3) is 0 Å². The Morgan fingerprint density at radius 2 is 1.12 bits per heavy atom. The van der Waals surface area contributed by atoms with Crippen molar-refractivity contribution in [2.24, 2.45) is 0 Å². The van der Waals surface area contributed by atoms with Gasteiger partial charge in [-0.1, -0.05) is 95.6 Å². The van der Waals surface area contributed by atoms with Crippen molar-refractivity contribution in [3.63, 3.8) is 0 Å². The van der Waals surface area contributed by atoms with Crippen LogP contribution >= 0.6 is 7.14 Å². The molecular formula is C27H34BO3P. The fourth-order valence-corrected chi connectivity index (χ4v) is 6.72. The van der Waals surface area contributed by atoms with E-state index in [0.717, 1.165) is 21.7 Å². The van der Waals surface area contributed by atoms with E-state index >= 15 is 4.57 Å². The van der Waals surface area contributed by atoms with Gasteiger partial charge in [-0.15, -0.1) is 0 Å². The molecule has 0 heterocycles. The molecule has 0 aliphatic rings. The lowest BCUT2D eigenvalue weighted by atomic mass is 9.77. The Morgan fingerprint density at radius 1 is 0.688 bits per heavy atom. The van der Waals surface area contributed by atoms with E-state index in [1.807, 2.05) is 37.3 Å². The molecule has 0 fully saturated rings. The van der Waals surface area contributed by atoms with Gasteiger partial charge in [0.1, 0.15) is 0 Å². The van der Waals surface area contributed by atoms with Crippen LogP contribution in [0.25, 0.3) is 0 Å². The van der Waals surface area contributed by atoms with Crippen LogP contribution in [0.3, 0.4) is 0 Å². The summed E-state index contributed by atoms with van der Waals surface area (Å²) in [7, 11) is -4.77. The predicted molar refractivity (Wildman–Crippen MR) is 138 cm³/mol. The largest absolute Gasteiger partial charge is 0.488 e. The maximum Gasteiger partial charge on any atom is 0.488 e. The molecule has 3 aromatic carbocycles. The number of benzene rings is 3. The quantitative estimate of drug-likeness (QED) is 0.470. The lowest BCUT2D eigenvalue weighted by Gasteiger charge is -2.26. The first-order chi connectivity index (χ1) is 14.7. The average Bonchev–Trinajstić information content (AvgIpc) is 2.71. The highest BCUT2D eigenvalue weighted by molar-refractivity contribution is 7.85. The number of rotatable bonds is 4. The minimum Gasteiger partial charge on any atom is -0.423 e. The van der Waals surface area contributed by atoms with Gasteiger partial charge in [-0.25, -0.2) is 0 Å². The second-order valence-electron chi connectivity index (χ2n) is 10.6. The Balaban J connectivity index is 2.33. The summed E-state index contributed by atoms with van der Waals surface area (Å²) in [4.78, 5) is 0. The molecule has 3 nitrogen and oxygen atoms in total. The fourth-order valence-electron chi connectivity index (χ4n) is 3.93. The highest BCUT2D eigenvalue weighted by atomic mass is 31.2. The second kappa shape index (κ2) is 8.67. The van der Waals surface area contributed by atoms with Crippen LogP contribution in [-0.2, 0) is 15.4 Å². The third kappa shape index (κ3) is 4.78. The Kier molecular flexibility index (Phi) is 6.64. The van der Waals surface area contributed by atoms with E-state index in [0.29, 0.717) is 16.3 Å². The van der Waals surface area contributed by atoms with E-state index < -0.39 is 14.3 Å². The molecule has 0 aromatic heterocycles. The molecule has 0 saturated carbocycles. The highest BCUT2D eigenvalue weighted by Crippen LogP contribution is 2.44. The lowest BCUT2D eigenvalue weighted by molar-refractivity contribution is 0.425. The summed E-state index contributed by atoms with van der Waals surface area (Å²) in [5, 5.41) is 21.6. The molecule has 32 heavy (non-hydrogen) atoms. The van der Waals surface area contributed by atoms with E-state index in [4.69, 9.17) is 0 Å². The predicted octanol–water partition coefficient (Wildman–Crippen LogP) is 3.91. The van der Waals surface area contributed by atoms with E-state index in [1.54, 1.807) is 12.1 Å². The van der Waals surface area contributed by atoms with Gasteiger partial charge in [0.15, 0.2) is 7.14 Å². The van der Waals surface area contributed by atoms with Crippen molar-refractivity contribution in [2.75, 3.05) is 0 Å². The summed E-state index contributed by atoms with van der Waals surface area (Å²) in [5.74, 6) is 0. The summed E-state index contributed by atoms with van der Waals surface area (Å²) in [6, 6.07) is 21.4. The molecule has 3 rings (SSSR count). The molecule has 3 aromatic rings. The summed E-state index contributed by atoms with van der Waals surface area (Å²) < 4.78 is 15.1. The average molecular weight is 448 g/mol. The third-order valence-corrected chi connectivity index (χ3v) is 9.06. The monoisotopic (exact) mass is 448 g/mol. The zero-order valence-corrected chi connectivity index (χ0v) is 21.1. The minimum absolute atomic E-state index is 0.0745. The van der Waals surface area contributed by atoms with Gasteiger partial charge in [0.2, 0.25) is 0 Å². The molecule has 0 atom stereocenters. The van der Waals surface area contributed by atoms with Crippen LogP contribution in [0.4, 0.5) is 0 Å². The smallest absolute Gasteiger partial charge is 0.423 e. The van der Waals surface area contributed by atoms with E-state index in [9.17, 15) is 10.0 Å². The van der Waals surface area contributed by atoms with Crippen LogP contribution in [0.2, 0.25) is 0 Å². The first kappa shape index (κ1) is 24.5. The Labute approximate surface area is 193 Å². The minimum atomic E-state index is -3.21. The molecule has 0 spiro atoms. The SMILES string of the molecule is Cc1cc(P(=O)(c2cccc(C(C)(C)C)c2)c2cccc(C(C)(C)C)c2)ccc1B(O)O. The lowest BCUT2D eigenvalue weighted by Crippen LogP contribution is -2.34. The van der Waals surface area contributed by atoms with Gasteiger partial charge in [-0.3, -0.25) is 0 Å².